The quantitative estimate of drug-likeness (QED) is 0.733. The second-order valence-corrected chi connectivity index (χ2v) is 5.39. The molecule has 128 valence electrons. The maximum atomic E-state index is 12.2. The van der Waals surface area contributed by atoms with Gasteiger partial charge in [0.05, 0.1) is 19.9 Å². The molecule has 0 saturated heterocycles. The highest BCUT2D eigenvalue weighted by molar-refractivity contribution is 5.91. The SMILES string of the molecule is CCOc1cc(/C=C/C(=O)N(C)Cc2cnn(C)c2)ccc1OC. The van der Waals surface area contributed by atoms with Crippen LogP contribution in [-0.2, 0) is 18.4 Å². The van der Waals surface area contributed by atoms with Crippen LogP contribution >= 0.6 is 0 Å². The van der Waals surface area contributed by atoms with Gasteiger partial charge in [-0.2, -0.15) is 5.10 Å². The van der Waals surface area contributed by atoms with Crippen molar-refractivity contribution < 1.29 is 14.3 Å². The standard InChI is InChI=1S/C18H23N3O3/c1-5-24-17-10-14(6-8-16(17)23-4)7-9-18(22)20(2)12-15-11-19-21(3)13-15/h6-11,13H,5,12H2,1-4H3/b9-7+. The molecule has 0 aliphatic heterocycles. The molecule has 0 atom stereocenters. The highest BCUT2D eigenvalue weighted by Crippen LogP contribution is 2.28. The monoisotopic (exact) mass is 329 g/mol. The number of aryl methyl sites for hydroxylation is 1. The van der Waals surface area contributed by atoms with E-state index in [-0.39, 0.29) is 5.91 Å². The van der Waals surface area contributed by atoms with E-state index in [1.54, 1.807) is 42.1 Å². The first kappa shape index (κ1) is 17.6. The van der Waals surface area contributed by atoms with E-state index >= 15 is 0 Å². The molecule has 0 aliphatic carbocycles. The van der Waals surface area contributed by atoms with Crippen molar-refractivity contribution in [2.75, 3.05) is 20.8 Å². The number of carbonyl (C=O) groups is 1. The fourth-order valence-corrected chi connectivity index (χ4v) is 2.27. The Kier molecular flexibility index (Phi) is 6.01. The second kappa shape index (κ2) is 8.19. The molecule has 0 aliphatic rings. The maximum Gasteiger partial charge on any atom is 0.246 e. The minimum Gasteiger partial charge on any atom is -0.493 e. The zero-order chi connectivity index (χ0) is 17.5. The Morgan fingerprint density at radius 1 is 1.38 bits per heavy atom. The number of carbonyl (C=O) groups excluding carboxylic acids is 1. The Bertz CT molecular complexity index is 722. The number of hydrogen-bond acceptors (Lipinski definition) is 4. The Morgan fingerprint density at radius 3 is 2.79 bits per heavy atom. The van der Waals surface area contributed by atoms with Crippen molar-refractivity contribution in [3.8, 4) is 11.5 Å². The minimum absolute atomic E-state index is 0.0763. The Balaban J connectivity index is 2.03. The minimum atomic E-state index is -0.0763. The average molecular weight is 329 g/mol. The van der Waals surface area contributed by atoms with Gasteiger partial charge in [0.25, 0.3) is 0 Å². The molecule has 2 aromatic rings. The van der Waals surface area contributed by atoms with Crippen LogP contribution in [0.15, 0.2) is 36.7 Å². The van der Waals surface area contributed by atoms with Gasteiger partial charge in [-0.1, -0.05) is 6.07 Å². The lowest BCUT2D eigenvalue weighted by molar-refractivity contribution is -0.125. The number of amides is 1. The van der Waals surface area contributed by atoms with Gasteiger partial charge in [-0.05, 0) is 30.7 Å². The van der Waals surface area contributed by atoms with Crippen LogP contribution in [0.4, 0.5) is 0 Å². The summed E-state index contributed by atoms with van der Waals surface area (Å²) in [5.41, 5.74) is 1.87. The van der Waals surface area contributed by atoms with E-state index in [2.05, 4.69) is 5.10 Å². The van der Waals surface area contributed by atoms with Crippen molar-refractivity contribution in [2.24, 2.45) is 7.05 Å². The average Bonchev–Trinajstić information content (AvgIpc) is 2.98. The summed E-state index contributed by atoms with van der Waals surface area (Å²) < 4.78 is 12.5. The Labute approximate surface area is 142 Å². The van der Waals surface area contributed by atoms with Gasteiger partial charge in [-0.25, -0.2) is 0 Å². The molecule has 0 unspecified atom stereocenters. The molecule has 0 bridgehead atoms. The first-order valence-corrected chi connectivity index (χ1v) is 7.75. The van der Waals surface area contributed by atoms with Crippen LogP contribution in [-0.4, -0.2) is 41.4 Å². The van der Waals surface area contributed by atoms with Crippen LogP contribution < -0.4 is 9.47 Å². The van der Waals surface area contributed by atoms with Gasteiger partial charge in [0.1, 0.15) is 0 Å². The zero-order valence-electron chi connectivity index (χ0n) is 14.5. The number of ether oxygens (including phenoxy) is 2. The summed E-state index contributed by atoms with van der Waals surface area (Å²) in [5, 5.41) is 4.10. The van der Waals surface area contributed by atoms with E-state index in [4.69, 9.17) is 9.47 Å². The molecule has 6 nitrogen and oxygen atoms in total. The molecule has 0 spiro atoms. The van der Waals surface area contributed by atoms with Crippen LogP contribution in [0.1, 0.15) is 18.1 Å². The van der Waals surface area contributed by atoms with Gasteiger partial charge in [-0.3, -0.25) is 9.48 Å². The van der Waals surface area contributed by atoms with E-state index in [1.165, 1.54) is 0 Å². The van der Waals surface area contributed by atoms with Crippen molar-refractivity contribution in [1.82, 2.24) is 14.7 Å². The number of benzene rings is 1. The summed E-state index contributed by atoms with van der Waals surface area (Å²) >= 11 is 0. The predicted octanol–water partition coefficient (Wildman–Crippen LogP) is 2.50. The number of nitrogens with zero attached hydrogens (tertiary/aromatic N) is 3. The summed E-state index contributed by atoms with van der Waals surface area (Å²) in [6, 6.07) is 5.56. The fraction of sp³-hybridized carbons (Fsp3) is 0.333. The molecule has 0 N–H and O–H groups in total. The molecular weight excluding hydrogens is 306 g/mol. The summed E-state index contributed by atoms with van der Waals surface area (Å²) in [6.07, 6.45) is 6.97. The summed E-state index contributed by atoms with van der Waals surface area (Å²) in [7, 11) is 5.22. The van der Waals surface area contributed by atoms with E-state index in [0.717, 1.165) is 11.1 Å². The number of aromatic nitrogens is 2. The third-order valence-corrected chi connectivity index (χ3v) is 3.46. The highest BCUT2D eigenvalue weighted by Gasteiger charge is 2.08. The van der Waals surface area contributed by atoms with Gasteiger partial charge in [-0.15, -0.1) is 0 Å². The molecule has 1 amide bonds. The lowest BCUT2D eigenvalue weighted by atomic mass is 10.2. The van der Waals surface area contributed by atoms with E-state index in [9.17, 15) is 4.79 Å². The normalized spacial score (nSPS) is 10.8. The molecule has 0 radical (unpaired) electrons. The maximum absolute atomic E-state index is 12.2. The molecule has 6 heteroatoms. The first-order valence-electron chi connectivity index (χ1n) is 7.75. The van der Waals surface area contributed by atoms with Crippen molar-refractivity contribution in [3.63, 3.8) is 0 Å². The highest BCUT2D eigenvalue weighted by atomic mass is 16.5. The van der Waals surface area contributed by atoms with Gasteiger partial charge in [0.2, 0.25) is 5.91 Å². The van der Waals surface area contributed by atoms with Crippen molar-refractivity contribution in [1.29, 1.82) is 0 Å². The largest absolute Gasteiger partial charge is 0.493 e. The van der Waals surface area contributed by atoms with Gasteiger partial charge in [0, 0.05) is 38.5 Å². The molecular formula is C18H23N3O3. The van der Waals surface area contributed by atoms with Crippen LogP contribution in [0.3, 0.4) is 0 Å². The van der Waals surface area contributed by atoms with Crippen molar-refractivity contribution >= 4 is 12.0 Å². The van der Waals surface area contributed by atoms with Crippen LogP contribution in [0.25, 0.3) is 6.08 Å². The van der Waals surface area contributed by atoms with Crippen molar-refractivity contribution in [3.05, 3.63) is 47.8 Å². The second-order valence-electron chi connectivity index (χ2n) is 5.39. The first-order chi connectivity index (χ1) is 11.5. The molecule has 1 aromatic heterocycles. The summed E-state index contributed by atoms with van der Waals surface area (Å²) in [5.74, 6) is 1.26. The smallest absolute Gasteiger partial charge is 0.246 e. The van der Waals surface area contributed by atoms with Crippen LogP contribution in [0.5, 0.6) is 11.5 Å². The third-order valence-electron chi connectivity index (χ3n) is 3.46. The van der Waals surface area contributed by atoms with Crippen molar-refractivity contribution in [2.45, 2.75) is 13.5 Å². The molecule has 0 fully saturated rings. The number of rotatable bonds is 7. The number of likely N-dealkylation sites (N-methyl/N-ethyl adjacent to an activating group) is 1. The van der Waals surface area contributed by atoms with E-state index in [1.807, 2.05) is 38.4 Å². The summed E-state index contributed by atoms with van der Waals surface area (Å²) in [6.45, 7) is 2.99. The molecule has 1 heterocycles. The van der Waals surface area contributed by atoms with Gasteiger partial charge >= 0.3 is 0 Å². The number of methoxy groups -OCH3 is 1. The molecule has 0 saturated carbocycles. The molecule has 2 rings (SSSR count). The Morgan fingerprint density at radius 2 is 2.17 bits per heavy atom. The zero-order valence-corrected chi connectivity index (χ0v) is 14.5. The van der Waals surface area contributed by atoms with Crippen LogP contribution in [0.2, 0.25) is 0 Å². The number of hydrogen-bond donors (Lipinski definition) is 0. The topological polar surface area (TPSA) is 56.6 Å². The third kappa shape index (κ3) is 4.62. The lowest BCUT2D eigenvalue weighted by Crippen LogP contribution is -2.23. The molecule has 1 aromatic carbocycles. The van der Waals surface area contributed by atoms with E-state index < -0.39 is 0 Å². The fourth-order valence-electron chi connectivity index (χ4n) is 2.27. The summed E-state index contributed by atoms with van der Waals surface area (Å²) in [4.78, 5) is 13.9. The predicted molar refractivity (Wildman–Crippen MR) is 92.9 cm³/mol. The van der Waals surface area contributed by atoms with Gasteiger partial charge in [0.15, 0.2) is 11.5 Å². The lowest BCUT2D eigenvalue weighted by Gasteiger charge is -2.13. The van der Waals surface area contributed by atoms with E-state index in [0.29, 0.717) is 24.7 Å². The molecule has 24 heavy (non-hydrogen) atoms. The van der Waals surface area contributed by atoms with Crippen LogP contribution in [0, 0.1) is 0 Å². The Hall–Kier alpha value is -2.76. The van der Waals surface area contributed by atoms with Gasteiger partial charge < -0.3 is 14.4 Å².